The third kappa shape index (κ3) is 5.68. The fraction of sp³-hybridized carbons (Fsp3) is 0.440. The summed E-state index contributed by atoms with van der Waals surface area (Å²) in [6.07, 6.45) is 0.524. The van der Waals surface area contributed by atoms with E-state index in [1.807, 2.05) is 20.8 Å². The Morgan fingerprint density at radius 3 is 1.76 bits per heavy atom. The van der Waals surface area contributed by atoms with Crippen LogP contribution in [0.25, 0.3) is 0 Å². The zero-order valence-electron chi connectivity index (χ0n) is 17.9. The molecule has 1 heterocycles. The second kappa shape index (κ2) is 9.55. The second-order valence-corrected chi connectivity index (χ2v) is 8.63. The van der Waals surface area contributed by atoms with E-state index in [9.17, 15) is 4.79 Å². The number of esters is 1. The van der Waals surface area contributed by atoms with E-state index in [-0.39, 0.29) is 18.1 Å². The summed E-state index contributed by atoms with van der Waals surface area (Å²) < 4.78 is 5.62. The van der Waals surface area contributed by atoms with Gasteiger partial charge in [0.2, 0.25) is 0 Å². The summed E-state index contributed by atoms with van der Waals surface area (Å²) in [7, 11) is 0. The summed E-state index contributed by atoms with van der Waals surface area (Å²) in [5.41, 5.74) is 2.12. The van der Waals surface area contributed by atoms with Crippen LogP contribution >= 0.6 is 0 Å². The van der Waals surface area contributed by atoms with E-state index in [2.05, 4.69) is 77.4 Å². The molecule has 0 N–H and O–H groups in total. The normalized spacial score (nSPS) is 17.3. The van der Waals surface area contributed by atoms with Gasteiger partial charge in [0.1, 0.15) is 11.6 Å². The predicted molar refractivity (Wildman–Crippen MR) is 117 cm³/mol. The fourth-order valence-electron chi connectivity index (χ4n) is 4.01. The summed E-state index contributed by atoms with van der Waals surface area (Å²) >= 11 is 0. The monoisotopic (exact) mass is 393 g/mol. The Morgan fingerprint density at radius 1 is 0.897 bits per heavy atom. The first kappa shape index (κ1) is 21.5. The average molecular weight is 394 g/mol. The van der Waals surface area contributed by atoms with Crippen molar-refractivity contribution in [1.29, 1.82) is 0 Å². The highest BCUT2D eigenvalue weighted by atomic mass is 16.6. The van der Waals surface area contributed by atoms with Crippen LogP contribution in [-0.2, 0) is 9.53 Å². The Kier molecular flexibility index (Phi) is 7.09. The number of piperazine rings is 1. The Morgan fingerprint density at radius 2 is 1.34 bits per heavy atom. The molecule has 0 aromatic heterocycles. The summed E-state index contributed by atoms with van der Waals surface area (Å²) in [5, 5.41) is 0. The Hall–Kier alpha value is -2.17. The molecule has 1 fully saturated rings. The number of nitrogens with zero attached hydrogens (tertiary/aromatic N) is 2. The summed E-state index contributed by atoms with van der Waals surface area (Å²) in [4.78, 5) is 17.4. The van der Waals surface area contributed by atoms with Crippen LogP contribution < -0.4 is 0 Å². The van der Waals surface area contributed by atoms with Gasteiger partial charge < -0.3 is 4.74 Å². The molecule has 29 heavy (non-hydrogen) atoms. The minimum absolute atomic E-state index is 0.163. The third-order valence-electron chi connectivity index (χ3n) is 5.34. The van der Waals surface area contributed by atoms with Crippen LogP contribution in [-0.4, -0.2) is 53.6 Å². The lowest BCUT2D eigenvalue weighted by Crippen LogP contribution is -2.54. The molecular weight excluding hydrogens is 360 g/mol. The molecule has 0 amide bonds. The zero-order valence-corrected chi connectivity index (χ0v) is 17.9. The van der Waals surface area contributed by atoms with Gasteiger partial charge in [0, 0.05) is 26.2 Å². The first-order valence-corrected chi connectivity index (χ1v) is 10.5. The third-order valence-corrected chi connectivity index (χ3v) is 5.34. The largest absolute Gasteiger partial charge is 0.459 e. The Labute approximate surface area is 175 Å². The number of hydrogen-bond acceptors (Lipinski definition) is 4. The average Bonchev–Trinajstić information content (AvgIpc) is 2.70. The lowest BCUT2D eigenvalue weighted by atomic mass is 9.96. The van der Waals surface area contributed by atoms with Crippen LogP contribution in [0, 0.1) is 6.92 Å². The molecule has 0 unspecified atom stereocenters. The van der Waals surface area contributed by atoms with E-state index in [0.717, 1.165) is 26.2 Å². The zero-order chi connectivity index (χ0) is 20.9. The number of carbonyl (C=O) groups excluding carboxylic acids is 1. The standard InChI is InChI=1S/C25H33N2O2/c1-5-22(24(28)29-25(2,3)4)26-16-18-27(19-17-26)23(20-12-8-6-9-13-20)21-14-10-7-11-15-21/h6-15,22-23H,1,5,16-19H2,2-4H3/t22-/m1/s1. The quantitative estimate of drug-likeness (QED) is 0.684. The highest BCUT2D eigenvalue weighted by molar-refractivity contribution is 5.76. The molecule has 0 spiro atoms. The van der Waals surface area contributed by atoms with Crippen molar-refractivity contribution in [3.8, 4) is 0 Å². The van der Waals surface area contributed by atoms with E-state index < -0.39 is 5.60 Å². The molecular formula is C25H33N2O2. The highest BCUT2D eigenvalue weighted by Crippen LogP contribution is 2.30. The van der Waals surface area contributed by atoms with Gasteiger partial charge in [-0.15, -0.1) is 0 Å². The van der Waals surface area contributed by atoms with Crippen LogP contribution in [0.1, 0.15) is 44.4 Å². The molecule has 0 saturated carbocycles. The van der Waals surface area contributed by atoms with Gasteiger partial charge in [-0.25, -0.2) is 0 Å². The molecule has 2 aromatic rings. The van der Waals surface area contributed by atoms with E-state index in [1.54, 1.807) is 0 Å². The Bertz CT molecular complexity index is 723. The number of rotatable bonds is 6. The molecule has 1 radical (unpaired) electrons. The SMILES string of the molecule is [CH2]C[C@H](C(=O)OC(C)(C)C)N1CCN(C(c2ccccc2)c2ccccc2)CC1. The van der Waals surface area contributed by atoms with Gasteiger partial charge >= 0.3 is 5.97 Å². The maximum absolute atomic E-state index is 12.6. The van der Waals surface area contributed by atoms with Crippen LogP contribution in [0.3, 0.4) is 0 Å². The van der Waals surface area contributed by atoms with Gasteiger partial charge in [-0.2, -0.15) is 0 Å². The molecule has 4 heteroatoms. The van der Waals surface area contributed by atoms with Crippen LogP contribution in [0.5, 0.6) is 0 Å². The lowest BCUT2D eigenvalue weighted by Gasteiger charge is -2.42. The van der Waals surface area contributed by atoms with Gasteiger partial charge in [0.05, 0.1) is 6.04 Å². The van der Waals surface area contributed by atoms with Crippen LogP contribution in [0.15, 0.2) is 60.7 Å². The van der Waals surface area contributed by atoms with E-state index in [4.69, 9.17) is 4.74 Å². The molecule has 2 aromatic carbocycles. The molecule has 1 atom stereocenters. The van der Waals surface area contributed by atoms with Crippen molar-refractivity contribution in [2.75, 3.05) is 26.2 Å². The number of hydrogen-bond donors (Lipinski definition) is 0. The van der Waals surface area contributed by atoms with E-state index >= 15 is 0 Å². The summed E-state index contributed by atoms with van der Waals surface area (Å²) in [6.45, 7) is 13.2. The van der Waals surface area contributed by atoms with Crippen molar-refractivity contribution >= 4 is 5.97 Å². The van der Waals surface area contributed by atoms with Crippen LogP contribution in [0.2, 0.25) is 0 Å². The molecule has 4 nitrogen and oxygen atoms in total. The van der Waals surface area contributed by atoms with Crippen molar-refractivity contribution in [2.45, 2.75) is 44.9 Å². The number of carbonyl (C=O) groups is 1. The molecule has 3 rings (SSSR count). The maximum Gasteiger partial charge on any atom is 0.323 e. The van der Waals surface area contributed by atoms with Crippen molar-refractivity contribution in [2.24, 2.45) is 0 Å². The van der Waals surface area contributed by atoms with Crippen molar-refractivity contribution in [3.05, 3.63) is 78.7 Å². The minimum atomic E-state index is -0.474. The van der Waals surface area contributed by atoms with Gasteiger partial charge in [-0.1, -0.05) is 67.6 Å². The molecule has 0 aliphatic carbocycles. The molecule has 155 valence electrons. The van der Waals surface area contributed by atoms with Gasteiger partial charge in [0.25, 0.3) is 0 Å². The molecule has 1 aliphatic heterocycles. The topological polar surface area (TPSA) is 32.8 Å². The molecule has 0 bridgehead atoms. The summed E-state index contributed by atoms with van der Waals surface area (Å²) in [5.74, 6) is -0.163. The maximum atomic E-state index is 12.6. The highest BCUT2D eigenvalue weighted by Gasteiger charge is 2.33. The van der Waals surface area contributed by atoms with Crippen LogP contribution in [0.4, 0.5) is 0 Å². The minimum Gasteiger partial charge on any atom is -0.459 e. The van der Waals surface area contributed by atoms with Crippen molar-refractivity contribution in [1.82, 2.24) is 9.80 Å². The fourth-order valence-corrected chi connectivity index (χ4v) is 4.01. The lowest BCUT2D eigenvalue weighted by molar-refractivity contribution is -0.162. The van der Waals surface area contributed by atoms with Crippen molar-refractivity contribution < 1.29 is 9.53 Å². The predicted octanol–water partition coefficient (Wildman–Crippen LogP) is 4.33. The number of benzene rings is 2. The summed E-state index contributed by atoms with van der Waals surface area (Å²) in [6, 6.07) is 21.3. The van der Waals surface area contributed by atoms with E-state index in [1.165, 1.54) is 11.1 Å². The van der Waals surface area contributed by atoms with Gasteiger partial charge in [-0.05, 0) is 38.3 Å². The van der Waals surface area contributed by atoms with E-state index in [0.29, 0.717) is 6.42 Å². The van der Waals surface area contributed by atoms with Crippen molar-refractivity contribution in [3.63, 3.8) is 0 Å². The number of ether oxygens (including phenoxy) is 1. The first-order valence-electron chi connectivity index (χ1n) is 10.5. The second-order valence-electron chi connectivity index (χ2n) is 8.63. The Balaban J connectivity index is 1.72. The molecule has 1 aliphatic rings. The van der Waals surface area contributed by atoms with Gasteiger partial charge in [-0.3, -0.25) is 14.6 Å². The smallest absolute Gasteiger partial charge is 0.323 e. The molecule has 1 saturated heterocycles. The first-order chi connectivity index (χ1) is 13.9. The van der Waals surface area contributed by atoms with Gasteiger partial charge in [0.15, 0.2) is 0 Å².